The van der Waals surface area contributed by atoms with Crippen LogP contribution in [0.3, 0.4) is 0 Å². The molecule has 1 unspecified atom stereocenters. The third kappa shape index (κ3) is 7.85. The minimum Gasteiger partial charge on any atom is -0.354 e. The van der Waals surface area contributed by atoms with Gasteiger partial charge in [-0.3, -0.25) is 13.9 Å². The lowest BCUT2D eigenvalue weighted by atomic mass is 10.1. The number of aryl methyl sites for hydroxylation is 1. The molecule has 2 amide bonds. The van der Waals surface area contributed by atoms with Gasteiger partial charge in [0.15, 0.2) is 0 Å². The van der Waals surface area contributed by atoms with Crippen LogP contribution in [0.2, 0.25) is 10.0 Å². The van der Waals surface area contributed by atoms with E-state index in [1.165, 1.54) is 4.90 Å². The summed E-state index contributed by atoms with van der Waals surface area (Å²) in [5.74, 6) is -0.807. The van der Waals surface area contributed by atoms with Gasteiger partial charge in [-0.15, -0.1) is 0 Å². The lowest BCUT2D eigenvalue weighted by Crippen LogP contribution is -2.52. The summed E-state index contributed by atoms with van der Waals surface area (Å²) in [5.41, 5.74) is 1.84. The van der Waals surface area contributed by atoms with Gasteiger partial charge < -0.3 is 10.2 Å². The Morgan fingerprint density at radius 3 is 2.29 bits per heavy atom. The minimum atomic E-state index is -3.79. The molecule has 0 fully saturated rings. The lowest BCUT2D eigenvalue weighted by Gasteiger charge is -2.33. The van der Waals surface area contributed by atoms with Crippen LogP contribution in [-0.2, 0) is 32.6 Å². The Labute approximate surface area is 218 Å². The minimum absolute atomic E-state index is 0.0277. The molecule has 2 aromatic rings. The van der Waals surface area contributed by atoms with Crippen LogP contribution in [-0.4, -0.2) is 50.5 Å². The van der Waals surface area contributed by atoms with Gasteiger partial charge in [0.1, 0.15) is 12.6 Å². The number of carbonyl (C=O) groups is 2. The maximum absolute atomic E-state index is 13.7. The summed E-state index contributed by atoms with van der Waals surface area (Å²) in [5, 5.41) is 3.65. The molecule has 0 bridgehead atoms. The van der Waals surface area contributed by atoms with Gasteiger partial charge in [0, 0.05) is 23.1 Å². The fourth-order valence-electron chi connectivity index (χ4n) is 3.77. The smallest absolute Gasteiger partial charge is 0.244 e. The predicted octanol–water partition coefficient (Wildman–Crippen LogP) is 4.66. The van der Waals surface area contributed by atoms with Crippen molar-refractivity contribution in [2.75, 3.05) is 23.7 Å². The van der Waals surface area contributed by atoms with Crippen molar-refractivity contribution >= 4 is 50.7 Å². The molecule has 0 saturated heterocycles. The normalized spacial score (nSPS) is 12.2. The Hall–Kier alpha value is -2.29. The zero-order chi connectivity index (χ0) is 26.2. The molecule has 0 aliphatic rings. The topological polar surface area (TPSA) is 86.8 Å². The zero-order valence-corrected chi connectivity index (χ0v) is 22.9. The Morgan fingerprint density at radius 1 is 1.03 bits per heavy atom. The molecule has 0 saturated carbocycles. The van der Waals surface area contributed by atoms with Crippen LogP contribution in [0.25, 0.3) is 0 Å². The van der Waals surface area contributed by atoms with E-state index in [9.17, 15) is 18.0 Å². The second-order valence-corrected chi connectivity index (χ2v) is 11.0. The standard InChI is InChI=1S/C25H33Cl2N3O4S/c1-5-14-28-25(32)22(7-3)29(16-19-12-13-20(26)15-21(19)27)24(31)17-30(35(4,33)34)23-11-9-8-10-18(23)6-2/h8-13,15,22H,5-7,14,16-17H2,1-4H3,(H,28,32). The molecule has 0 radical (unpaired) electrons. The zero-order valence-electron chi connectivity index (χ0n) is 20.6. The van der Waals surface area contributed by atoms with Crippen molar-refractivity contribution in [3.05, 3.63) is 63.6 Å². The molecule has 0 aliphatic carbocycles. The van der Waals surface area contributed by atoms with Crippen molar-refractivity contribution in [1.29, 1.82) is 0 Å². The molecule has 1 atom stereocenters. The third-order valence-electron chi connectivity index (χ3n) is 5.61. The van der Waals surface area contributed by atoms with Crippen molar-refractivity contribution in [2.45, 2.75) is 52.6 Å². The van der Waals surface area contributed by atoms with E-state index in [0.717, 1.165) is 22.5 Å². The average Bonchev–Trinajstić information content (AvgIpc) is 2.81. The van der Waals surface area contributed by atoms with Gasteiger partial charge in [0.05, 0.1) is 11.9 Å². The van der Waals surface area contributed by atoms with Gasteiger partial charge in [-0.1, -0.05) is 68.2 Å². The van der Waals surface area contributed by atoms with E-state index >= 15 is 0 Å². The number of amides is 2. The van der Waals surface area contributed by atoms with Crippen LogP contribution >= 0.6 is 23.2 Å². The number of halogens is 2. The van der Waals surface area contributed by atoms with Crippen molar-refractivity contribution < 1.29 is 18.0 Å². The third-order valence-corrected chi connectivity index (χ3v) is 7.32. The van der Waals surface area contributed by atoms with Crippen LogP contribution < -0.4 is 9.62 Å². The average molecular weight is 543 g/mol. The van der Waals surface area contributed by atoms with Crippen molar-refractivity contribution in [3.63, 3.8) is 0 Å². The Balaban J connectivity index is 2.49. The number of nitrogens with zero attached hydrogens (tertiary/aromatic N) is 2. The van der Waals surface area contributed by atoms with Crippen LogP contribution in [0.15, 0.2) is 42.5 Å². The van der Waals surface area contributed by atoms with Gasteiger partial charge in [-0.25, -0.2) is 8.42 Å². The molecule has 7 nitrogen and oxygen atoms in total. The number of para-hydroxylation sites is 1. The van der Waals surface area contributed by atoms with E-state index in [4.69, 9.17) is 23.2 Å². The molecule has 2 rings (SSSR count). The quantitative estimate of drug-likeness (QED) is 0.423. The molecule has 2 aromatic carbocycles. The van der Waals surface area contributed by atoms with E-state index in [-0.39, 0.29) is 12.5 Å². The van der Waals surface area contributed by atoms with E-state index in [0.29, 0.717) is 40.7 Å². The second kappa shape index (κ2) is 13.1. The van der Waals surface area contributed by atoms with E-state index in [2.05, 4.69) is 5.32 Å². The van der Waals surface area contributed by atoms with Gasteiger partial charge in [0.25, 0.3) is 0 Å². The van der Waals surface area contributed by atoms with E-state index in [1.807, 2.05) is 26.0 Å². The van der Waals surface area contributed by atoms with Crippen LogP contribution in [0.1, 0.15) is 44.7 Å². The molecule has 0 spiro atoms. The predicted molar refractivity (Wildman–Crippen MR) is 142 cm³/mol. The maximum atomic E-state index is 13.7. The number of rotatable bonds is 12. The van der Waals surface area contributed by atoms with E-state index in [1.54, 1.807) is 37.3 Å². The number of anilines is 1. The fourth-order valence-corrected chi connectivity index (χ4v) is 5.12. The van der Waals surface area contributed by atoms with Crippen molar-refractivity contribution in [1.82, 2.24) is 10.2 Å². The first kappa shape index (κ1) is 28.9. The Bertz CT molecular complexity index is 1140. The highest BCUT2D eigenvalue weighted by Crippen LogP contribution is 2.26. The molecular formula is C25H33Cl2N3O4S. The summed E-state index contributed by atoms with van der Waals surface area (Å²) in [4.78, 5) is 28.1. The van der Waals surface area contributed by atoms with E-state index < -0.39 is 28.5 Å². The maximum Gasteiger partial charge on any atom is 0.244 e. The SMILES string of the molecule is CCCNC(=O)C(CC)N(Cc1ccc(Cl)cc1Cl)C(=O)CN(c1ccccc1CC)S(C)(=O)=O. The number of hydrogen-bond acceptors (Lipinski definition) is 4. The fraction of sp³-hybridized carbons (Fsp3) is 0.440. The van der Waals surface area contributed by atoms with Crippen LogP contribution in [0.5, 0.6) is 0 Å². The first-order chi connectivity index (χ1) is 16.5. The monoisotopic (exact) mass is 541 g/mol. The summed E-state index contributed by atoms with van der Waals surface area (Å²) in [7, 11) is -3.79. The first-order valence-electron chi connectivity index (χ1n) is 11.6. The molecule has 0 aromatic heterocycles. The summed E-state index contributed by atoms with van der Waals surface area (Å²) in [6.45, 7) is 5.71. The summed E-state index contributed by atoms with van der Waals surface area (Å²) < 4.78 is 26.6. The molecule has 0 aliphatic heterocycles. The summed E-state index contributed by atoms with van der Waals surface area (Å²) in [6, 6.07) is 11.2. The number of hydrogen-bond donors (Lipinski definition) is 1. The highest BCUT2D eigenvalue weighted by atomic mass is 35.5. The molecule has 35 heavy (non-hydrogen) atoms. The Morgan fingerprint density at radius 2 is 1.71 bits per heavy atom. The van der Waals surface area contributed by atoms with Gasteiger partial charge >= 0.3 is 0 Å². The van der Waals surface area contributed by atoms with Crippen molar-refractivity contribution in [3.8, 4) is 0 Å². The van der Waals surface area contributed by atoms with Gasteiger partial charge in [0.2, 0.25) is 21.8 Å². The first-order valence-corrected chi connectivity index (χ1v) is 14.2. The summed E-state index contributed by atoms with van der Waals surface area (Å²) in [6.07, 6.45) is 2.75. The molecule has 0 heterocycles. The lowest BCUT2D eigenvalue weighted by molar-refractivity contribution is -0.140. The Kier molecular flexibility index (Phi) is 10.9. The van der Waals surface area contributed by atoms with Crippen LogP contribution in [0.4, 0.5) is 5.69 Å². The molecular weight excluding hydrogens is 509 g/mol. The second-order valence-electron chi connectivity index (χ2n) is 8.22. The largest absolute Gasteiger partial charge is 0.354 e. The van der Waals surface area contributed by atoms with Gasteiger partial charge in [-0.2, -0.15) is 0 Å². The number of benzene rings is 2. The highest BCUT2D eigenvalue weighted by Gasteiger charge is 2.32. The number of nitrogens with one attached hydrogen (secondary N) is 1. The number of carbonyl (C=O) groups excluding carboxylic acids is 2. The summed E-state index contributed by atoms with van der Waals surface area (Å²) >= 11 is 12.4. The van der Waals surface area contributed by atoms with Crippen molar-refractivity contribution in [2.24, 2.45) is 0 Å². The number of sulfonamides is 1. The van der Waals surface area contributed by atoms with Crippen LogP contribution in [0, 0.1) is 0 Å². The molecule has 192 valence electrons. The highest BCUT2D eigenvalue weighted by molar-refractivity contribution is 7.92. The molecule has 10 heteroatoms. The van der Waals surface area contributed by atoms with Gasteiger partial charge in [-0.05, 0) is 48.6 Å². The molecule has 1 N–H and O–H groups in total.